The van der Waals surface area contributed by atoms with Crippen LogP contribution in [0.1, 0.15) is 5.56 Å². The van der Waals surface area contributed by atoms with Crippen LogP contribution in [0.5, 0.6) is 11.5 Å². The molecule has 1 aliphatic rings. The van der Waals surface area contributed by atoms with Crippen LogP contribution in [0.15, 0.2) is 60.2 Å². The number of amides is 2. The van der Waals surface area contributed by atoms with Crippen molar-refractivity contribution in [3.63, 3.8) is 0 Å². The molecule has 0 unspecified atom stereocenters. The first kappa shape index (κ1) is 20.5. The van der Waals surface area contributed by atoms with Gasteiger partial charge in [-0.05, 0) is 59.4 Å². The summed E-state index contributed by atoms with van der Waals surface area (Å²) in [5.41, 5.74) is 0.263. The highest BCUT2D eigenvalue weighted by Gasteiger charge is 2.36. The third kappa shape index (κ3) is 3.62. The zero-order valence-electron chi connectivity index (χ0n) is 16.6. The number of carbonyl (C=O) groups is 2. The molecular formula is C23H17FN2O4S. The van der Waals surface area contributed by atoms with E-state index < -0.39 is 17.6 Å². The summed E-state index contributed by atoms with van der Waals surface area (Å²) in [6.07, 6.45) is 1.42. The van der Waals surface area contributed by atoms with Crippen molar-refractivity contribution in [2.24, 2.45) is 0 Å². The first-order chi connectivity index (χ1) is 14.9. The minimum absolute atomic E-state index is 0.0463. The SMILES string of the molecule is COc1ccc2ccc(OC)c(/C=C3\C(=O)NC(=S)N(c4ccccc4F)C3=O)c2c1. The average Bonchev–Trinajstić information content (AvgIpc) is 2.77. The molecule has 1 heterocycles. The molecule has 0 radical (unpaired) electrons. The Morgan fingerprint density at radius 3 is 2.48 bits per heavy atom. The number of fused-ring (bicyclic) bond motifs is 1. The van der Waals surface area contributed by atoms with E-state index in [2.05, 4.69) is 5.32 Å². The van der Waals surface area contributed by atoms with Crippen molar-refractivity contribution >= 4 is 51.7 Å². The second-order valence-corrected chi connectivity index (χ2v) is 7.06. The molecule has 8 heteroatoms. The van der Waals surface area contributed by atoms with Gasteiger partial charge in [-0.25, -0.2) is 9.29 Å². The van der Waals surface area contributed by atoms with Crippen molar-refractivity contribution in [1.29, 1.82) is 0 Å². The fourth-order valence-electron chi connectivity index (χ4n) is 3.41. The molecule has 2 amide bonds. The van der Waals surface area contributed by atoms with Crippen LogP contribution in [-0.4, -0.2) is 31.1 Å². The summed E-state index contributed by atoms with van der Waals surface area (Å²) < 4.78 is 25.1. The van der Waals surface area contributed by atoms with Crippen LogP contribution in [0.2, 0.25) is 0 Å². The number of ether oxygens (including phenoxy) is 2. The maximum absolute atomic E-state index is 14.4. The molecule has 1 N–H and O–H groups in total. The van der Waals surface area contributed by atoms with Gasteiger partial charge in [0.2, 0.25) is 0 Å². The fraction of sp³-hybridized carbons (Fsp3) is 0.0870. The highest BCUT2D eigenvalue weighted by molar-refractivity contribution is 7.80. The predicted molar refractivity (Wildman–Crippen MR) is 120 cm³/mol. The van der Waals surface area contributed by atoms with Crippen LogP contribution in [0.4, 0.5) is 10.1 Å². The highest BCUT2D eigenvalue weighted by Crippen LogP contribution is 2.33. The van der Waals surface area contributed by atoms with Gasteiger partial charge in [-0.15, -0.1) is 0 Å². The number of nitrogens with zero attached hydrogens (tertiary/aromatic N) is 1. The lowest BCUT2D eigenvalue weighted by molar-refractivity contribution is -0.122. The van der Waals surface area contributed by atoms with E-state index >= 15 is 0 Å². The highest BCUT2D eigenvalue weighted by atomic mass is 32.1. The topological polar surface area (TPSA) is 67.9 Å². The summed E-state index contributed by atoms with van der Waals surface area (Å²) in [5.74, 6) is -0.986. The first-order valence-corrected chi connectivity index (χ1v) is 9.66. The van der Waals surface area contributed by atoms with Crippen molar-refractivity contribution in [2.45, 2.75) is 0 Å². The lowest BCUT2D eigenvalue weighted by Gasteiger charge is -2.29. The van der Waals surface area contributed by atoms with E-state index in [4.69, 9.17) is 21.7 Å². The molecule has 6 nitrogen and oxygen atoms in total. The number of para-hydroxylation sites is 1. The van der Waals surface area contributed by atoms with Gasteiger partial charge in [0.05, 0.1) is 19.9 Å². The number of nitrogens with one attached hydrogen (secondary N) is 1. The molecular weight excluding hydrogens is 419 g/mol. The Kier molecular flexibility index (Phi) is 5.39. The molecule has 1 aliphatic heterocycles. The molecule has 0 aromatic heterocycles. The quantitative estimate of drug-likeness (QED) is 0.383. The van der Waals surface area contributed by atoms with Gasteiger partial charge in [-0.3, -0.25) is 14.9 Å². The molecule has 0 bridgehead atoms. The van der Waals surface area contributed by atoms with Crippen LogP contribution in [-0.2, 0) is 9.59 Å². The zero-order chi connectivity index (χ0) is 22.1. The number of hydrogen-bond acceptors (Lipinski definition) is 5. The number of rotatable bonds is 4. The number of hydrogen-bond donors (Lipinski definition) is 1. The summed E-state index contributed by atoms with van der Waals surface area (Å²) in [5, 5.41) is 3.85. The largest absolute Gasteiger partial charge is 0.497 e. The van der Waals surface area contributed by atoms with Crippen LogP contribution in [0.25, 0.3) is 16.8 Å². The van der Waals surface area contributed by atoms with E-state index in [1.807, 2.05) is 18.2 Å². The second kappa shape index (κ2) is 8.16. The van der Waals surface area contributed by atoms with Crippen LogP contribution < -0.4 is 19.7 Å². The van der Waals surface area contributed by atoms with Crippen LogP contribution in [0.3, 0.4) is 0 Å². The summed E-state index contributed by atoms with van der Waals surface area (Å²) in [4.78, 5) is 26.9. The predicted octanol–water partition coefficient (Wildman–Crippen LogP) is 3.83. The van der Waals surface area contributed by atoms with E-state index in [-0.39, 0.29) is 16.4 Å². The molecule has 0 saturated carbocycles. The first-order valence-electron chi connectivity index (χ1n) is 9.25. The fourth-order valence-corrected chi connectivity index (χ4v) is 3.68. The Bertz CT molecular complexity index is 1270. The molecule has 0 aliphatic carbocycles. The minimum Gasteiger partial charge on any atom is -0.497 e. The number of thiocarbonyl (C=S) groups is 1. The lowest BCUT2D eigenvalue weighted by Crippen LogP contribution is -2.54. The van der Waals surface area contributed by atoms with E-state index in [1.54, 1.807) is 25.3 Å². The summed E-state index contributed by atoms with van der Waals surface area (Å²) in [6.45, 7) is 0. The molecule has 1 saturated heterocycles. The van der Waals surface area contributed by atoms with Crippen molar-refractivity contribution in [1.82, 2.24) is 5.32 Å². The van der Waals surface area contributed by atoms with Crippen molar-refractivity contribution in [3.8, 4) is 11.5 Å². The zero-order valence-corrected chi connectivity index (χ0v) is 17.5. The maximum Gasteiger partial charge on any atom is 0.270 e. The molecule has 1 fully saturated rings. The summed E-state index contributed by atoms with van der Waals surface area (Å²) in [6, 6.07) is 14.8. The minimum atomic E-state index is -0.735. The van der Waals surface area contributed by atoms with E-state index in [9.17, 15) is 14.0 Å². The van der Waals surface area contributed by atoms with E-state index in [1.165, 1.54) is 31.4 Å². The third-order valence-corrected chi connectivity index (χ3v) is 5.22. The smallest absolute Gasteiger partial charge is 0.270 e. The van der Waals surface area contributed by atoms with E-state index in [0.717, 1.165) is 15.7 Å². The molecule has 0 atom stereocenters. The van der Waals surface area contributed by atoms with Gasteiger partial charge in [0.25, 0.3) is 11.8 Å². The van der Waals surface area contributed by atoms with Gasteiger partial charge in [-0.2, -0.15) is 0 Å². The van der Waals surface area contributed by atoms with Crippen molar-refractivity contribution in [3.05, 3.63) is 71.6 Å². The van der Waals surface area contributed by atoms with Crippen LogP contribution in [0, 0.1) is 5.82 Å². The number of anilines is 1. The Hall–Kier alpha value is -3.78. The summed E-state index contributed by atoms with van der Waals surface area (Å²) >= 11 is 5.14. The molecule has 3 aromatic rings. The Morgan fingerprint density at radius 1 is 1.03 bits per heavy atom. The second-order valence-electron chi connectivity index (χ2n) is 6.68. The van der Waals surface area contributed by atoms with Gasteiger partial charge < -0.3 is 9.47 Å². The van der Waals surface area contributed by atoms with Gasteiger partial charge in [0.15, 0.2) is 5.11 Å². The van der Waals surface area contributed by atoms with Gasteiger partial charge >= 0.3 is 0 Å². The average molecular weight is 436 g/mol. The molecule has 0 spiro atoms. The summed E-state index contributed by atoms with van der Waals surface area (Å²) in [7, 11) is 3.04. The van der Waals surface area contributed by atoms with Gasteiger partial charge in [-0.1, -0.05) is 24.3 Å². The lowest BCUT2D eigenvalue weighted by atomic mass is 9.99. The third-order valence-electron chi connectivity index (χ3n) is 4.93. The molecule has 31 heavy (non-hydrogen) atoms. The van der Waals surface area contributed by atoms with Crippen molar-refractivity contribution in [2.75, 3.05) is 19.1 Å². The normalized spacial score (nSPS) is 15.4. The Morgan fingerprint density at radius 2 is 1.77 bits per heavy atom. The monoisotopic (exact) mass is 436 g/mol. The number of halogens is 1. The standard InChI is InChI=1S/C23H17FN2O4S/c1-29-14-9-7-13-8-10-20(30-2)16(15(13)11-14)12-17-21(27)25-23(31)26(22(17)28)19-6-4-3-5-18(19)24/h3-12H,1-2H3,(H,25,27,31)/b17-12+. The number of benzene rings is 3. The van der Waals surface area contributed by atoms with Gasteiger partial charge in [0.1, 0.15) is 22.9 Å². The molecule has 156 valence electrons. The van der Waals surface area contributed by atoms with Crippen molar-refractivity contribution < 1.29 is 23.5 Å². The Labute approximate surface area is 182 Å². The Balaban J connectivity index is 1.90. The number of carbonyl (C=O) groups excluding carboxylic acids is 2. The maximum atomic E-state index is 14.4. The number of methoxy groups -OCH3 is 2. The molecule has 3 aromatic carbocycles. The van der Waals surface area contributed by atoms with Gasteiger partial charge in [0, 0.05) is 5.56 Å². The molecule has 4 rings (SSSR count). The van der Waals surface area contributed by atoms with Crippen LogP contribution >= 0.6 is 12.2 Å². The van der Waals surface area contributed by atoms with E-state index in [0.29, 0.717) is 17.1 Å².